The molecule has 0 aromatic rings. The Morgan fingerprint density at radius 3 is 2.29 bits per heavy atom. The summed E-state index contributed by atoms with van der Waals surface area (Å²) in [5, 5.41) is 0. The van der Waals surface area contributed by atoms with Gasteiger partial charge in [-0.1, -0.05) is 6.92 Å². The lowest BCUT2D eigenvalue weighted by Crippen LogP contribution is -2.48. The largest absolute Gasteiger partial charge is 0.383 e. The van der Waals surface area contributed by atoms with Gasteiger partial charge in [-0.2, -0.15) is 0 Å². The van der Waals surface area contributed by atoms with E-state index in [2.05, 4.69) is 11.8 Å². The summed E-state index contributed by atoms with van der Waals surface area (Å²) in [4.78, 5) is 2.33. The van der Waals surface area contributed by atoms with Gasteiger partial charge in [0.15, 0.2) is 0 Å². The molecule has 102 valence electrons. The highest BCUT2D eigenvalue weighted by atomic mass is 16.5. The monoisotopic (exact) mass is 246 g/mol. The van der Waals surface area contributed by atoms with Crippen molar-refractivity contribution in [3.63, 3.8) is 0 Å². The highest BCUT2D eigenvalue weighted by molar-refractivity contribution is 4.92. The molecule has 0 bridgehead atoms. The highest BCUT2D eigenvalue weighted by Crippen LogP contribution is 2.27. The summed E-state index contributed by atoms with van der Waals surface area (Å²) in [7, 11) is 3.45. The van der Waals surface area contributed by atoms with Crippen LogP contribution in [0.25, 0.3) is 0 Å². The van der Waals surface area contributed by atoms with Crippen LogP contribution in [-0.4, -0.2) is 71.2 Å². The first-order valence-corrected chi connectivity index (χ1v) is 6.16. The smallest absolute Gasteiger partial charge is 0.0624 e. The number of nitrogens with two attached hydrogens (primary N) is 1. The molecule has 0 spiro atoms. The van der Waals surface area contributed by atoms with Gasteiger partial charge in [0.05, 0.1) is 26.4 Å². The van der Waals surface area contributed by atoms with Crippen molar-refractivity contribution in [2.45, 2.75) is 13.0 Å². The highest BCUT2D eigenvalue weighted by Gasteiger charge is 2.38. The number of nitrogens with zero attached hydrogens (tertiary/aromatic N) is 1. The molecule has 1 heterocycles. The van der Waals surface area contributed by atoms with E-state index >= 15 is 0 Å². The first-order valence-electron chi connectivity index (χ1n) is 6.16. The molecule has 1 rings (SSSR count). The van der Waals surface area contributed by atoms with Gasteiger partial charge in [-0.25, -0.2) is 0 Å². The first-order chi connectivity index (χ1) is 8.12. The molecule has 1 saturated heterocycles. The summed E-state index contributed by atoms with van der Waals surface area (Å²) in [5.41, 5.74) is 6.15. The third-order valence-corrected chi connectivity index (χ3v) is 3.43. The number of methoxy groups -OCH3 is 2. The van der Waals surface area contributed by atoms with Gasteiger partial charge in [0.1, 0.15) is 0 Å². The quantitative estimate of drug-likeness (QED) is 0.650. The van der Waals surface area contributed by atoms with Gasteiger partial charge >= 0.3 is 0 Å². The van der Waals surface area contributed by atoms with Gasteiger partial charge in [-0.05, 0) is 0 Å². The van der Waals surface area contributed by atoms with Crippen LogP contribution in [0.5, 0.6) is 0 Å². The number of hydrogen-bond acceptors (Lipinski definition) is 5. The van der Waals surface area contributed by atoms with Crippen LogP contribution in [0.1, 0.15) is 6.92 Å². The van der Waals surface area contributed by atoms with Crippen molar-refractivity contribution >= 4 is 0 Å². The Bertz CT molecular complexity index is 208. The lowest BCUT2D eigenvalue weighted by atomic mass is 9.85. The second-order valence-corrected chi connectivity index (χ2v) is 5.04. The molecule has 2 unspecified atom stereocenters. The van der Waals surface area contributed by atoms with E-state index in [9.17, 15) is 0 Å². The van der Waals surface area contributed by atoms with E-state index in [-0.39, 0.29) is 11.5 Å². The van der Waals surface area contributed by atoms with Crippen molar-refractivity contribution in [2.75, 3.05) is 60.3 Å². The minimum absolute atomic E-state index is 0.0431. The maximum absolute atomic E-state index is 6.10. The van der Waals surface area contributed by atoms with Gasteiger partial charge in [0, 0.05) is 45.3 Å². The van der Waals surface area contributed by atoms with Crippen LogP contribution >= 0.6 is 0 Å². The van der Waals surface area contributed by atoms with Crippen molar-refractivity contribution in [3.8, 4) is 0 Å². The second kappa shape index (κ2) is 7.28. The number of hydrogen-bond donors (Lipinski definition) is 1. The fourth-order valence-electron chi connectivity index (χ4n) is 2.11. The van der Waals surface area contributed by atoms with Gasteiger partial charge < -0.3 is 19.9 Å². The Labute approximate surface area is 104 Å². The molecule has 5 heteroatoms. The minimum Gasteiger partial charge on any atom is -0.383 e. The molecule has 0 amide bonds. The van der Waals surface area contributed by atoms with E-state index in [0.717, 1.165) is 39.5 Å². The Kier molecular flexibility index (Phi) is 6.37. The SMILES string of the molecule is COCCN(CCOC)CC1(C)COCC1N. The zero-order chi connectivity index (χ0) is 12.7. The zero-order valence-corrected chi connectivity index (χ0v) is 11.3. The third-order valence-electron chi connectivity index (χ3n) is 3.43. The van der Waals surface area contributed by atoms with Crippen LogP contribution in [0.15, 0.2) is 0 Å². The molecule has 0 radical (unpaired) electrons. The maximum atomic E-state index is 6.10. The van der Waals surface area contributed by atoms with Crippen LogP contribution in [-0.2, 0) is 14.2 Å². The lowest BCUT2D eigenvalue weighted by molar-refractivity contribution is 0.0731. The molecule has 2 atom stereocenters. The van der Waals surface area contributed by atoms with Gasteiger partial charge in [-0.3, -0.25) is 4.90 Å². The van der Waals surface area contributed by atoms with Gasteiger partial charge in [0.25, 0.3) is 0 Å². The summed E-state index contributed by atoms with van der Waals surface area (Å²) in [5.74, 6) is 0. The predicted molar refractivity (Wildman–Crippen MR) is 67.1 cm³/mol. The summed E-state index contributed by atoms with van der Waals surface area (Å²) in [6, 6.07) is 0.120. The van der Waals surface area contributed by atoms with E-state index in [4.69, 9.17) is 19.9 Å². The van der Waals surface area contributed by atoms with E-state index in [1.54, 1.807) is 14.2 Å². The second-order valence-electron chi connectivity index (χ2n) is 5.04. The molecule has 0 saturated carbocycles. The van der Waals surface area contributed by atoms with Gasteiger partial charge in [0.2, 0.25) is 0 Å². The van der Waals surface area contributed by atoms with Gasteiger partial charge in [-0.15, -0.1) is 0 Å². The molecule has 1 aliphatic heterocycles. The number of rotatable bonds is 8. The predicted octanol–water partition coefficient (Wildman–Crippen LogP) is -0.0550. The van der Waals surface area contributed by atoms with Crippen LogP contribution < -0.4 is 5.73 Å². The number of ether oxygens (including phenoxy) is 3. The van der Waals surface area contributed by atoms with E-state index in [1.165, 1.54) is 0 Å². The zero-order valence-electron chi connectivity index (χ0n) is 11.3. The molecule has 2 N–H and O–H groups in total. The summed E-state index contributed by atoms with van der Waals surface area (Å²) in [6.45, 7) is 7.80. The maximum Gasteiger partial charge on any atom is 0.0624 e. The summed E-state index contributed by atoms with van der Waals surface area (Å²) in [6.07, 6.45) is 0. The van der Waals surface area contributed by atoms with E-state index in [1.807, 2.05) is 0 Å². The normalized spacial score (nSPS) is 29.1. The molecule has 5 nitrogen and oxygen atoms in total. The lowest BCUT2D eigenvalue weighted by Gasteiger charge is -2.33. The summed E-state index contributed by atoms with van der Waals surface area (Å²) >= 11 is 0. The third kappa shape index (κ3) is 4.52. The fourth-order valence-corrected chi connectivity index (χ4v) is 2.11. The van der Waals surface area contributed by atoms with Crippen molar-refractivity contribution in [2.24, 2.45) is 11.1 Å². The Balaban J connectivity index is 2.45. The van der Waals surface area contributed by atoms with Crippen LogP contribution in [0.2, 0.25) is 0 Å². The standard InChI is InChI=1S/C12H26N2O3/c1-12(10-17-8-11(12)13)9-14(4-6-15-2)5-7-16-3/h11H,4-10,13H2,1-3H3. The van der Waals surface area contributed by atoms with Crippen LogP contribution in [0.3, 0.4) is 0 Å². The van der Waals surface area contributed by atoms with Crippen molar-refractivity contribution in [1.82, 2.24) is 4.90 Å². The Morgan fingerprint density at radius 2 is 1.88 bits per heavy atom. The Morgan fingerprint density at radius 1 is 1.29 bits per heavy atom. The van der Waals surface area contributed by atoms with Crippen molar-refractivity contribution in [3.05, 3.63) is 0 Å². The molecular formula is C12H26N2O3. The molecule has 1 fully saturated rings. The van der Waals surface area contributed by atoms with Crippen LogP contribution in [0, 0.1) is 5.41 Å². The molecule has 1 aliphatic rings. The van der Waals surface area contributed by atoms with Crippen LogP contribution in [0.4, 0.5) is 0 Å². The summed E-state index contributed by atoms with van der Waals surface area (Å²) < 4.78 is 15.7. The fraction of sp³-hybridized carbons (Fsp3) is 1.00. The topological polar surface area (TPSA) is 57.0 Å². The molecule has 0 aromatic heterocycles. The Hall–Kier alpha value is -0.200. The molecule has 17 heavy (non-hydrogen) atoms. The molecular weight excluding hydrogens is 220 g/mol. The average Bonchev–Trinajstić information content (AvgIpc) is 2.63. The minimum atomic E-state index is 0.0431. The van der Waals surface area contributed by atoms with E-state index in [0.29, 0.717) is 6.61 Å². The molecule has 0 aromatic carbocycles. The van der Waals surface area contributed by atoms with E-state index < -0.39 is 0 Å². The van der Waals surface area contributed by atoms with Crippen molar-refractivity contribution < 1.29 is 14.2 Å². The van der Waals surface area contributed by atoms with Crippen molar-refractivity contribution in [1.29, 1.82) is 0 Å². The molecule has 0 aliphatic carbocycles. The average molecular weight is 246 g/mol. The first kappa shape index (κ1) is 14.9.